The van der Waals surface area contributed by atoms with Crippen molar-refractivity contribution >= 4 is 11.7 Å². The summed E-state index contributed by atoms with van der Waals surface area (Å²) in [5.74, 6) is 0.452. The molecule has 1 aliphatic rings. The molecule has 0 spiro atoms. The zero-order valence-corrected chi connectivity index (χ0v) is 25.4. The summed E-state index contributed by atoms with van der Waals surface area (Å²) in [6, 6.07) is 20.5. The lowest BCUT2D eigenvalue weighted by Crippen LogP contribution is -2.23. The molecule has 6 nitrogen and oxygen atoms in total. The fraction of sp³-hybridized carbons (Fsp3) is 0.457. The minimum atomic E-state index is -0.289. The molecule has 6 heteroatoms. The van der Waals surface area contributed by atoms with Crippen molar-refractivity contribution in [2.45, 2.75) is 51.9 Å². The summed E-state index contributed by atoms with van der Waals surface area (Å²) in [4.78, 5) is 17.2. The van der Waals surface area contributed by atoms with E-state index in [9.17, 15) is 9.90 Å². The fourth-order valence-corrected chi connectivity index (χ4v) is 5.33. The van der Waals surface area contributed by atoms with Crippen LogP contribution in [-0.2, 0) is 10.2 Å². The largest absolute Gasteiger partial charge is 0.491 e. The van der Waals surface area contributed by atoms with Gasteiger partial charge in [-0.1, -0.05) is 45.0 Å². The van der Waals surface area contributed by atoms with E-state index in [1.807, 2.05) is 50.5 Å². The Morgan fingerprint density at radius 3 is 2.22 bits per heavy atom. The molecule has 1 saturated heterocycles. The molecule has 0 radical (unpaired) electrons. The van der Waals surface area contributed by atoms with Crippen LogP contribution in [0.5, 0.6) is 5.75 Å². The van der Waals surface area contributed by atoms with Gasteiger partial charge in [-0.2, -0.15) is 0 Å². The van der Waals surface area contributed by atoms with E-state index in [0.29, 0.717) is 12.2 Å². The maximum atomic E-state index is 12.5. The third-order valence-electron chi connectivity index (χ3n) is 7.58. The SMILES string of the molecule is CN(C)CCCCOC(=O)c1ccc(-c2ccc(OCCO)c(-c3ccc(N4CCCC4)c(C(C)(C)C)c3)c2)cc1. The van der Waals surface area contributed by atoms with Crippen molar-refractivity contribution in [1.82, 2.24) is 4.90 Å². The molecule has 1 heterocycles. The van der Waals surface area contributed by atoms with Gasteiger partial charge >= 0.3 is 5.97 Å². The van der Waals surface area contributed by atoms with Crippen LogP contribution < -0.4 is 9.64 Å². The maximum absolute atomic E-state index is 12.5. The molecule has 220 valence electrons. The molecule has 0 saturated carbocycles. The maximum Gasteiger partial charge on any atom is 0.338 e. The summed E-state index contributed by atoms with van der Waals surface area (Å²) in [5.41, 5.74) is 7.27. The lowest BCUT2D eigenvalue weighted by atomic mass is 9.83. The highest BCUT2D eigenvalue weighted by Gasteiger charge is 2.24. The number of ether oxygens (including phenoxy) is 2. The molecule has 3 aromatic rings. The van der Waals surface area contributed by atoms with Gasteiger partial charge in [0, 0.05) is 24.3 Å². The van der Waals surface area contributed by atoms with Crippen molar-refractivity contribution in [3.63, 3.8) is 0 Å². The Morgan fingerprint density at radius 2 is 1.56 bits per heavy atom. The summed E-state index contributed by atoms with van der Waals surface area (Å²) >= 11 is 0. The van der Waals surface area contributed by atoms with Crippen LogP contribution in [-0.4, -0.2) is 69.5 Å². The van der Waals surface area contributed by atoms with Crippen LogP contribution in [0.2, 0.25) is 0 Å². The first-order chi connectivity index (χ1) is 19.7. The van der Waals surface area contributed by atoms with Crippen LogP contribution in [0, 0.1) is 0 Å². The van der Waals surface area contributed by atoms with Gasteiger partial charge in [0.25, 0.3) is 0 Å². The van der Waals surface area contributed by atoms with E-state index >= 15 is 0 Å². The van der Waals surface area contributed by atoms with E-state index in [-0.39, 0.29) is 24.6 Å². The summed E-state index contributed by atoms with van der Waals surface area (Å²) < 4.78 is 11.5. The molecule has 1 aliphatic heterocycles. The first kappa shape index (κ1) is 30.6. The zero-order valence-electron chi connectivity index (χ0n) is 25.4. The second-order valence-electron chi connectivity index (χ2n) is 12.2. The topological polar surface area (TPSA) is 62.2 Å². The van der Waals surface area contributed by atoms with Gasteiger partial charge in [-0.25, -0.2) is 4.79 Å². The molecule has 0 aromatic heterocycles. The minimum absolute atomic E-state index is 0.0194. The van der Waals surface area contributed by atoms with Crippen molar-refractivity contribution in [2.75, 3.05) is 58.5 Å². The van der Waals surface area contributed by atoms with E-state index in [1.54, 1.807) is 0 Å². The summed E-state index contributed by atoms with van der Waals surface area (Å²) in [6.45, 7) is 10.6. The van der Waals surface area contributed by atoms with Gasteiger partial charge < -0.3 is 24.4 Å². The number of unbranched alkanes of at least 4 members (excludes halogenated alkanes) is 1. The quantitative estimate of drug-likeness (QED) is 0.195. The highest BCUT2D eigenvalue weighted by molar-refractivity contribution is 5.90. The molecular weight excluding hydrogens is 512 g/mol. The van der Waals surface area contributed by atoms with Crippen LogP contribution in [0.3, 0.4) is 0 Å². The molecule has 0 bridgehead atoms. The highest BCUT2D eigenvalue weighted by Crippen LogP contribution is 2.40. The molecular formula is C35H46N2O4. The molecule has 41 heavy (non-hydrogen) atoms. The number of nitrogens with zero attached hydrogens (tertiary/aromatic N) is 2. The normalized spacial score (nSPS) is 13.6. The number of hydrogen-bond acceptors (Lipinski definition) is 6. The Morgan fingerprint density at radius 1 is 0.878 bits per heavy atom. The Balaban J connectivity index is 1.60. The molecule has 1 fully saturated rings. The number of carbonyl (C=O) groups excluding carboxylic acids is 1. The van der Waals surface area contributed by atoms with Crippen LogP contribution in [0.15, 0.2) is 60.7 Å². The summed E-state index contributed by atoms with van der Waals surface area (Å²) in [6.07, 6.45) is 4.32. The number of rotatable bonds is 12. The predicted molar refractivity (Wildman–Crippen MR) is 168 cm³/mol. The number of hydrogen-bond donors (Lipinski definition) is 1. The number of anilines is 1. The van der Waals surface area contributed by atoms with Gasteiger partial charge in [0.05, 0.1) is 18.8 Å². The monoisotopic (exact) mass is 558 g/mol. The number of aliphatic hydroxyl groups is 1. The van der Waals surface area contributed by atoms with E-state index in [4.69, 9.17) is 9.47 Å². The minimum Gasteiger partial charge on any atom is -0.491 e. The lowest BCUT2D eigenvalue weighted by Gasteiger charge is -2.29. The Hall–Kier alpha value is -3.35. The Labute approximate surface area is 245 Å². The fourth-order valence-electron chi connectivity index (χ4n) is 5.33. The molecule has 3 aromatic carbocycles. The molecule has 0 aliphatic carbocycles. The zero-order chi connectivity index (χ0) is 29.4. The van der Waals surface area contributed by atoms with E-state index in [0.717, 1.165) is 60.5 Å². The number of carbonyl (C=O) groups is 1. The van der Waals surface area contributed by atoms with Gasteiger partial charge in [-0.3, -0.25) is 0 Å². The number of benzene rings is 3. The third-order valence-corrected chi connectivity index (χ3v) is 7.58. The van der Waals surface area contributed by atoms with Gasteiger partial charge in [-0.15, -0.1) is 0 Å². The van der Waals surface area contributed by atoms with E-state index < -0.39 is 0 Å². The van der Waals surface area contributed by atoms with Gasteiger partial charge in [0.15, 0.2) is 0 Å². The molecule has 0 atom stereocenters. The van der Waals surface area contributed by atoms with E-state index in [1.165, 1.54) is 24.1 Å². The summed E-state index contributed by atoms with van der Waals surface area (Å²) in [5, 5.41) is 9.43. The van der Waals surface area contributed by atoms with Crippen LogP contribution in [0.1, 0.15) is 62.4 Å². The number of esters is 1. The van der Waals surface area contributed by atoms with Crippen molar-refractivity contribution in [3.05, 3.63) is 71.8 Å². The first-order valence-electron chi connectivity index (χ1n) is 14.9. The van der Waals surface area contributed by atoms with Gasteiger partial charge in [0.2, 0.25) is 0 Å². The molecule has 0 unspecified atom stereocenters. The smallest absolute Gasteiger partial charge is 0.338 e. The summed E-state index contributed by atoms with van der Waals surface area (Å²) in [7, 11) is 4.08. The van der Waals surface area contributed by atoms with E-state index in [2.05, 4.69) is 54.8 Å². The average Bonchev–Trinajstić information content (AvgIpc) is 3.50. The second-order valence-corrected chi connectivity index (χ2v) is 12.2. The molecule has 0 amide bonds. The van der Waals surface area contributed by atoms with Crippen molar-refractivity contribution in [2.24, 2.45) is 0 Å². The van der Waals surface area contributed by atoms with Crippen molar-refractivity contribution in [3.8, 4) is 28.0 Å². The standard InChI is InChI=1S/C35H46N2O4/c1-35(2,3)31-25-29(14-16-32(31)37-19-6-7-20-37)30-24-28(15-17-33(30)40-23-21-38)26-10-12-27(13-11-26)34(39)41-22-9-8-18-36(4)5/h10-17,24-25,38H,6-9,18-23H2,1-5H3. The highest BCUT2D eigenvalue weighted by atomic mass is 16.5. The van der Waals surface area contributed by atoms with Crippen LogP contribution >= 0.6 is 0 Å². The Kier molecular flexibility index (Phi) is 10.5. The molecule has 4 rings (SSSR count). The van der Waals surface area contributed by atoms with Crippen LogP contribution in [0.4, 0.5) is 5.69 Å². The van der Waals surface area contributed by atoms with Crippen molar-refractivity contribution in [1.29, 1.82) is 0 Å². The van der Waals surface area contributed by atoms with Gasteiger partial charge in [0.1, 0.15) is 12.4 Å². The average molecular weight is 559 g/mol. The lowest BCUT2D eigenvalue weighted by molar-refractivity contribution is 0.0496. The van der Waals surface area contributed by atoms with Crippen molar-refractivity contribution < 1.29 is 19.4 Å². The molecule has 1 N–H and O–H groups in total. The predicted octanol–water partition coefficient (Wildman–Crippen LogP) is 6.79. The Bertz CT molecular complexity index is 1290. The first-order valence-corrected chi connectivity index (χ1v) is 14.9. The van der Waals surface area contributed by atoms with Gasteiger partial charge in [-0.05, 0) is 110 Å². The third kappa shape index (κ3) is 8.11. The van der Waals surface area contributed by atoms with Crippen LogP contribution in [0.25, 0.3) is 22.3 Å². The second kappa shape index (κ2) is 14.0. The number of aliphatic hydroxyl groups excluding tert-OH is 1.